The van der Waals surface area contributed by atoms with Gasteiger partial charge in [0.05, 0.1) is 23.1 Å². The third-order valence-electron chi connectivity index (χ3n) is 2.45. The van der Waals surface area contributed by atoms with Crippen LogP contribution in [-0.2, 0) is 6.54 Å². The number of carbonyl (C=O) groups is 1. The van der Waals surface area contributed by atoms with Crippen LogP contribution in [0.25, 0.3) is 0 Å². The van der Waals surface area contributed by atoms with Crippen LogP contribution in [0.1, 0.15) is 22.1 Å². The van der Waals surface area contributed by atoms with Gasteiger partial charge in [0.15, 0.2) is 5.82 Å². The van der Waals surface area contributed by atoms with Gasteiger partial charge in [-0.1, -0.05) is 5.16 Å². The van der Waals surface area contributed by atoms with E-state index >= 15 is 0 Å². The molecule has 1 heterocycles. The maximum Gasteiger partial charge on any atom is 0.307 e. The molecule has 0 aliphatic carbocycles. The molecular formula is C11H8F2N4O4. The molecule has 1 N–H and O–H groups in total. The van der Waals surface area contributed by atoms with Crippen molar-refractivity contribution in [2.45, 2.75) is 13.5 Å². The minimum absolute atomic E-state index is 0.0867. The number of benzene rings is 1. The lowest BCUT2D eigenvalue weighted by molar-refractivity contribution is -0.387. The van der Waals surface area contributed by atoms with Crippen molar-refractivity contribution in [3.8, 4) is 0 Å². The summed E-state index contributed by atoms with van der Waals surface area (Å²) >= 11 is 0. The second kappa shape index (κ2) is 5.61. The van der Waals surface area contributed by atoms with E-state index in [-0.39, 0.29) is 12.4 Å². The highest BCUT2D eigenvalue weighted by Crippen LogP contribution is 2.21. The first-order chi connectivity index (χ1) is 9.88. The van der Waals surface area contributed by atoms with E-state index in [1.54, 1.807) is 6.92 Å². The van der Waals surface area contributed by atoms with Crippen molar-refractivity contribution in [1.82, 2.24) is 15.5 Å². The number of nitro groups is 1. The van der Waals surface area contributed by atoms with Crippen LogP contribution < -0.4 is 5.32 Å². The quantitative estimate of drug-likeness (QED) is 0.676. The summed E-state index contributed by atoms with van der Waals surface area (Å²) < 4.78 is 31.7. The summed E-state index contributed by atoms with van der Waals surface area (Å²) in [6.07, 6.45) is 0. The minimum Gasteiger partial charge on any atom is -0.343 e. The van der Waals surface area contributed by atoms with Crippen molar-refractivity contribution in [2.75, 3.05) is 0 Å². The molecule has 2 aromatic rings. The topological polar surface area (TPSA) is 111 Å². The van der Waals surface area contributed by atoms with Crippen LogP contribution in [0.3, 0.4) is 0 Å². The lowest BCUT2D eigenvalue weighted by Crippen LogP contribution is -2.24. The number of halogens is 2. The first-order valence-corrected chi connectivity index (χ1v) is 5.59. The van der Waals surface area contributed by atoms with E-state index in [1.165, 1.54) is 0 Å². The molecule has 10 heteroatoms. The average molecular weight is 298 g/mol. The second-order valence-corrected chi connectivity index (χ2v) is 3.96. The van der Waals surface area contributed by atoms with Gasteiger partial charge in [-0.3, -0.25) is 14.9 Å². The maximum absolute atomic E-state index is 13.6. The fraction of sp³-hybridized carbons (Fsp3) is 0.182. The number of aryl methyl sites for hydroxylation is 1. The molecule has 8 nitrogen and oxygen atoms in total. The van der Waals surface area contributed by atoms with Crippen molar-refractivity contribution >= 4 is 11.6 Å². The second-order valence-electron chi connectivity index (χ2n) is 3.96. The number of hydrogen-bond acceptors (Lipinski definition) is 6. The van der Waals surface area contributed by atoms with Crippen LogP contribution in [0.15, 0.2) is 16.7 Å². The molecule has 21 heavy (non-hydrogen) atoms. The fourth-order valence-corrected chi connectivity index (χ4v) is 1.51. The van der Waals surface area contributed by atoms with Gasteiger partial charge in [0.25, 0.3) is 5.91 Å². The molecule has 0 unspecified atom stereocenters. The summed E-state index contributed by atoms with van der Waals surface area (Å²) in [7, 11) is 0. The molecule has 0 bridgehead atoms. The highest BCUT2D eigenvalue weighted by atomic mass is 19.1. The monoisotopic (exact) mass is 298 g/mol. The Kier molecular flexibility index (Phi) is 3.87. The summed E-state index contributed by atoms with van der Waals surface area (Å²) in [5.41, 5.74) is -1.70. The molecule has 1 amide bonds. The largest absolute Gasteiger partial charge is 0.343 e. The number of nitrogens with one attached hydrogen (secondary N) is 1. The molecule has 1 aromatic heterocycles. The van der Waals surface area contributed by atoms with E-state index in [9.17, 15) is 23.7 Å². The molecule has 0 aliphatic rings. The molecule has 1 aromatic carbocycles. The van der Waals surface area contributed by atoms with Gasteiger partial charge in [-0.25, -0.2) is 4.39 Å². The number of rotatable bonds is 4. The van der Waals surface area contributed by atoms with Gasteiger partial charge in [0.2, 0.25) is 11.7 Å². The Hall–Kier alpha value is -2.91. The first-order valence-electron chi connectivity index (χ1n) is 5.59. The van der Waals surface area contributed by atoms with Crippen molar-refractivity contribution < 1.29 is 23.0 Å². The Morgan fingerprint density at radius 2 is 2.14 bits per heavy atom. The van der Waals surface area contributed by atoms with Crippen molar-refractivity contribution in [1.29, 1.82) is 0 Å². The fourth-order valence-electron chi connectivity index (χ4n) is 1.51. The number of nitrogens with zero attached hydrogens (tertiary/aromatic N) is 3. The summed E-state index contributed by atoms with van der Waals surface area (Å²) in [5, 5.41) is 16.2. The molecule has 0 saturated carbocycles. The van der Waals surface area contributed by atoms with Gasteiger partial charge in [-0.2, -0.15) is 9.37 Å². The van der Waals surface area contributed by atoms with Crippen LogP contribution >= 0.6 is 0 Å². The predicted octanol–water partition coefficient (Wildman–Crippen LogP) is 1.49. The van der Waals surface area contributed by atoms with Crippen LogP contribution in [0.4, 0.5) is 14.5 Å². The Labute approximate surface area is 115 Å². The van der Waals surface area contributed by atoms with Crippen molar-refractivity contribution in [2.24, 2.45) is 0 Å². The van der Waals surface area contributed by atoms with E-state index in [1.807, 2.05) is 0 Å². The smallest absolute Gasteiger partial charge is 0.307 e. The average Bonchev–Trinajstić information content (AvgIpc) is 2.83. The SMILES string of the molecule is Cc1noc(CNC(=O)c2cc(F)c([N+](=O)[O-])cc2F)n1. The number of aromatic nitrogens is 2. The first kappa shape index (κ1) is 14.5. The molecule has 2 rings (SSSR count). The normalized spacial score (nSPS) is 10.4. The Morgan fingerprint density at radius 1 is 1.43 bits per heavy atom. The van der Waals surface area contributed by atoms with E-state index in [0.717, 1.165) is 0 Å². The minimum atomic E-state index is -1.31. The molecular weight excluding hydrogens is 290 g/mol. The van der Waals surface area contributed by atoms with Gasteiger partial charge >= 0.3 is 5.69 Å². The lowest BCUT2D eigenvalue weighted by Gasteiger charge is -2.04. The van der Waals surface area contributed by atoms with Crippen molar-refractivity contribution in [3.05, 3.63) is 51.2 Å². The van der Waals surface area contributed by atoms with Crippen LogP contribution in [0.2, 0.25) is 0 Å². The molecule has 0 saturated heterocycles. The van der Waals surface area contributed by atoms with Gasteiger partial charge in [0.1, 0.15) is 5.82 Å². The van der Waals surface area contributed by atoms with Crippen LogP contribution in [0.5, 0.6) is 0 Å². The van der Waals surface area contributed by atoms with E-state index in [0.29, 0.717) is 18.0 Å². The van der Waals surface area contributed by atoms with Crippen LogP contribution in [-0.4, -0.2) is 21.0 Å². The Morgan fingerprint density at radius 3 is 2.71 bits per heavy atom. The van der Waals surface area contributed by atoms with Gasteiger partial charge in [-0.05, 0) is 13.0 Å². The Balaban J connectivity index is 2.15. The molecule has 110 valence electrons. The van der Waals surface area contributed by atoms with Crippen LogP contribution in [0, 0.1) is 28.7 Å². The number of nitro benzene ring substituents is 1. The molecule has 0 fully saturated rings. The predicted molar refractivity (Wildman–Crippen MR) is 63.2 cm³/mol. The van der Waals surface area contributed by atoms with E-state index in [2.05, 4.69) is 15.5 Å². The maximum atomic E-state index is 13.6. The summed E-state index contributed by atoms with van der Waals surface area (Å²) in [4.78, 5) is 24.9. The van der Waals surface area contributed by atoms with E-state index < -0.39 is 33.7 Å². The zero-order valence-electron chi connectivity index (χ0n) is 10.6. The third kappa shape index (κ3) is 3.16. The number of carbonyl (C=O) groups excluding carboxylic acids is 1. The van der Waals surface area contributed by atoms with Gasteiger partial charge in [-0.15, -0.1) is 0 Å². The highest BCUT2D eigenvalue weighted by molar-refractivity contribution is 5.94. The number of amides is 1. The summed E-state index contributed by atoms with van der Waals surface area (Å²) in [5.74, 6) is -3.03. The highest BCUT2D eigenvalue weighted by Gasteiger charge is 2.22. The molecule has 0 aliphatic heterocycles. The summed E-state index contributed by atoms with van der Waals surface area (Å²) in [6, 6.07) is 0.808. The van der Waals surface area contributed by atoms with Gasteiger partial charge < -0.3 is 9.84 Å². The zero-order valence-corrected chi connectivity index (χ0v) is 10.6. The third-order valence-corrected chi connectivity index (χ3v) is 2.45. The van der Waals surface area contributed by atoms with Crippen molar-refractivity contribution in [3.63, 3.8) is 0 Å². The molecule has 0 spiro atoms. The number of hydrogen-bond donors (Lipinski definition) is 1. The zero-order chi connectivity index (χ0) is 15.6. The summed E-state index contributed by atoms with van der Waals surface area (Å²) in [6.45, 7) is 1.39. The Bertz CT molecular complexity index is 716. The van der Waals surface area contributed by atoms with E-state index in [4.69, 9.17) is 4.52 Å². The lowest BCUT2D eigenvalue weighted by atomic mass is 10.1. The molecule has 0 radical (unpaired) electrons. The standard InChI is InChI=1S/C11H8F2N4O4/c1-5-15-10(21-16-5)4-14-11(18)6-2-8(13)9(17(19)20)3-7(6)12/h2-3H,4H2,1H3,(H,14,18). The molecule has 0 atom stereocenters. The van der Waals surface area contributed by atoms with Gasteiger partial charge in [0, 0.05) is 0 Å².